The van der Waals surface area contributed by atoms with Gasteiger partial charge >= 0.3 is 6.03 Å². The summed E-state index contributed by atoms with van der Waals surface area (Å²) in [6.07, 6.45) is 2.31. The molecule has 1 atom stereocenters. The van der Waals surface area contributed by atoms with Crippen molar-refractivity contribution in [1.29, 1.82) is 0 Å². The molecule has 2 heterocycles. The third-order valence-corrected chi connectivity index (χ3v) is 3.54. The highest BCUT2D eigenvalue weighted by Crippen LogP contribution is 2.13. The Morgan fingerprint density at radius 2 is 2.08 bits per heavy atom. The van der Waals surface area contributed by atoms with Crippen molar-refractivity contribution in [2.75, 3.05) is 11.9 Å². The molecule has 0 fully saturated rings. The van der Waals surface area contributed by atoms with Gasteiger partial charge in [-0.15, -0.1) is 0 Å². The Kier molecular flexibility index (Phi) is 5.92. The first-order chi connectivity index (χ1) is 11.4. The molecule has 1 unspecified atom stereocenters. The number of aliphatic hydroxyl groups excluding tert-OH is 1. The van der Waals surface area contributed by atoms with E-state index < -0.39 is 0 Å². The molecule has 3 N–H and O–H groups in total. The first-order valence-corrected chi connectivity index (χ1v) is 8.07. The maximum Gasteiger partial charge on any atom is 0.319 e. The standard InChI is InChI=1S/C17H25N5O2/c1-11(2)7-15(10-23)20-17(24)19-14-5-6-16(18-9-14)22-13(4)8-12(3)21-22/h5-6,8-9,11,15,23H,7,10H2,1-4H3,(H2,19,20,24). The fourth-order valence-electron chi connectivity index (χ4n) is 2.55. The zero-order chi connectivity index (χ0) is 17.7. The molecule has 2 rings (SSSR count). The van der Waals surface area contributed by atoms with Crippen LogP contribution in [0.1, 0.15) is 31.7 Å². The third-order valence-electron chi connectivity index (χ3n) is 3.54. The molecule has 0 aliphatic rings. The summed E-state index contributed by atoms with van der Waals surface area (Å²) >= 11 is 0. The molecule has 0 saturated carbocycles. The Bertz CT molecular complexity index is 679. The summed E-state index contributed by atoms with van der Waals surface area (Å²) in [6, 6.07) is 4.94. The number of nitrogens with one attached hydrogen (secondary N) is 2. The molecule has 2 amide bonds. The second kappa shape index (κ2) is 7.92. The van der Waals surface area contributed by atoms with Gasteiger partial charge in [-0.05, 0) is 44.4 Å². The lowest BCUT2D eigenvalue weighted by Gasteiger charge is -2.18. The van der Waals surface area contributed by atoms with Crippen LogP contribution in [0, 0.1) is 19.8 Å². The Hall–Kier alpha value is -2.41. The minimum atomic E-state index is -0.352. The van der Waals surface area contributed by atoms with Crippen molar-refractivity contribution in [1.82, 2.24) is 20.1 Å². The summed E-state index contributed by atoms with van der Waals surface area (Å²) in [5.74, 6) is 1.09. The van der Waals surface area contributed by atoms with E-state index in [0.29, 0.717) is 17.4 Å². The number of aryl methyl sites for hydroxylation is 2. The molecule has 0 aliphatic heterocycles. The maximum atomic E-state index is 12.0. The number of anilines is 1. The molecule has 0 bridgehead atoms. The van der Waals surface area contributed by atoms with Crippen LogP contribution in [0.15, 0.2) is 24.4 Å². The lowest BCUT2D eigenvalue weighted by Crippen LogP contribution is -2.41. The molecule has 0 aromatic carbocycles. The topological polar surface area (TPSA) is 92.1 Å². The number of hydrogen-bond donors (Lipinski definition) is 3. The van der Waals surface area contributed by atoms with E-state index in [1.165, 1.54) is 0 Å². The van der Waals surface area contributed by atoms with Gasteiger partial charge < -0.3 is 15.7 Å². The van der Waals surface area contributed by atoms with Crippen LogP contribution in [0.5, 0.6) is 0 Å². The van der Waals surface area contributed by atoms with Crippen molar-refractivity contribution in [2.24, 2.45) is 5.92 Å². The van der Waals surface area contributed by atoms with Crippen LogP contribution >= 0.6 is 0 Å². The van der Waals surface area contributed by atoms with Gasteiger partial charge in [-0.3, -0.25) is 0 Å². The summed E-state index contributed by atoms with van der Waals surface area (Å²) in [5.41, 5.74) is 2.51. The fourth-order valence-corrected chi connectivity index (χ4v) is 2.55. The molecule has 2 aromatic rings. The molecule has 7 heteroatoms. The summed E-state index contributed by atoms with van der Waals surface area (Å²) < 4.78 is 1.75. The highest BCUT2D eigenvalue weighted by molar-refractivity contribution is 5.89. The van der Waals surface area contributed by atoms with Gasteiger partial charge in [0, 0.05) is 5.69 Å². The van der Waals surface area contributed by atoms with Crippen molar-refractivity contribution in [3.8, 4) is 5.82 Å². The molecular weight excluding hydrogens is 306 g/mol. The number of nitrogens with zero attached hydrogens (tertiary/aromatic N) is 3. The SMILES string of the molecule is Cc1cc(C)n(-c2ccc(NC(=O)NC(CO)CC(C)C)cn2)n1. The van der Waals surface area contributed by atoms with E-state index in [-0.39, 0.29) is 18.7 Å². The van der Waals surface area contributed by atoms with Gasteiger partial charge in [0.1, 0.15) is 0 Å². The van der Waals surface area contributed by atoms with Gasteiger partial charge in [-0.25, -0.2) is 14.5 Å². The second-order valence-corrected chi connectivity index (χ2v) is 6.35. The zero-order valence-corrected chi connectivity index (χ0v) is 14.6. The molecule has 130 valence electrons. The molecular formula is C17H25N5O2. The second-order valence-electron chi connectivity index (χ2n) is 6.35. The van der Waals surface area contributed by atoms with Gasteiger partial charge in [-0.1, -0.05) is 13.8 Å². The number of aliphatic hydroxyl groups is 1. The Morgan fingerprint density at radius 3 is 2.58 bits per heavy atom. The van der Waals surface area contributed by atoms with Gasteiger partial charge in [0.2, 0.25) is 0 Å². The lowest BCUT2D eigenvalue weighted by molar-refractivity contribution is 0.214. The lowest BCUT2D eigenvalue weighted by atomic mass is 10.0. The van der Waals surface area contributed by atoms with E-state index in [2.05, 4.69) is 20.7 Å². The van der Waals surface area contributed by atoms with Crippen LogP contribution in [0.4, 0.5) is 10.5 Å². The van der Waals surface area contributed by atoms with Gasteiger partial charge in [0.15, 0.2) is 5.82 Å². The molecule has 0 saturated heterocycles. The van der Waals surface area contributed by atoms with Gasteiger partial charge in [0.25, 0.3) is 0 Å². The van der Waals surface area contributed by atoms with Crippen molar-refractivity contribution in [3.05, 3.63) is 35.8 Å². The monoisotopic (exact) mass is 331 g/mol. The van der Waals surface area contributed by atoms with Gasteiger partial charge in [0.05, 0.1) is 30.2 Å². The number of carbonyl (C=O) groups excluding carboxylic acids is 1. The van der Waals surface area contributed by atoms with Crippen LogP contribution in [-0.2, 0) is 0 Å². The summed E-state index contributed by atoms with van der Waals surface area (Å²) in [7, 11) is 0. The van der Waals surface area contributed by atoms with Crippen LogP contribution in [0.2, 0.25) is 0 Å². The van der Waals surface area contributed by atoms with E-state index in [1.54, 1.807) is 23.0 Å². The minimum Gasteiger partial charge on any atom is -0.394 e. The minimum absolute atomic E-state index is 0.0826. The largest absolute Gasteiger partial charge is 0.394 e. The number of pyridine rings is 1. The van der Waals surface area contributed by atoms with Crippen LogP contribution in [0.3, 0.4) is 0 Å². The molecule has 2 aromatic heterocycles. The zero-order valence-electron chi connectivity index (χ0n) is 14.6. The van der Waals surface area contributed by atoms with E-state index in [1.807, 2.05) is 33.8 Å². The highest BCUT2D eigenvalue weighted by Gasteiger charge is 2.13. The predicted molar refractivity (Wildman–Crippen MR) is 93.3 cm³/mol. The Labute approximate surface area is 142 Å². The average molecular weight is 331 g/mol. The van der Waals surface area contributed by atoms with Crippen molar-refractivity contribution in [3.63, 3.8) is 0 Å². The molecule has 24 heavy (non-hydrogen) atoms. The van der Waals surface area contributed by atoms with Gasteiger partial charge in [-0.2, -0.15) is 5.10 Å². The smallest absolute Gasteiger partial charge is 0.319 e. The van der Waals surface area contributed by atoms with E-state index in [0.717, 1.165) is 17.8 Å². The molecule has 7 nitrogen and oxygen atoms in total. The number of urea groups is 1. The number of aromatic nitrogens is 3. The van der Waals surface area contributed by atoms with Crippen LogP contribution in [0.25, 0.3) is 5.82 Å². The Balaban J connectivity index is 1.98. The van der Waals surface area contributed by atoms with E-state index >= 15 is 0 Å². The van der Waals surface area contributed by atoms with Crippen molar-refractivity contribution < 1.29 is 9.90 Å². The normalized spacial score (nSPS) is 12.2. The number of carbonyl (C=O) groups is 1. The van der Waals surface area contributed by atoms with E-state index in [4.69, 9.17) is 0 Å². The molecule has 0 aliphatic carbocycles. The summed E-state index contributed by atoms with van der Waals surface area (Å²) in [4.78, 5) is 16.3. The summed E-state index contributed by atoms with van der Waals surface area (Å²) in [5, 5.41) is 19.2. The van der Waals surface area contributed by atoms with Crippen LogP contribution < -0.4 is 10.6 Å². The van der Waals surface area contributed by atoms with Crippen LogP contribution in [-0.4, -0.2) is 38.6 Å². The molecule has 0 radical (unpaired) electrons. The maximum absolute atomic E-state index is 12.0. The first-order valence-electron chi connectivity index (χ1n) is 8.07. The fraction of sp³-hybridized carbons (Fsp3) is 0.471. The predicted octanol–water partition coefficient (Wildman–Crippen LogP) is 2.41. The quantitative estimate of drug-likeness (QED) is 0.758. The average Bonchev–Trinajstić information content (AvgIpc) is 2.85. The van der Waals surface area contributed by atoms with Crippen molar-refractivity contribution in [2.45, 2.75) is 40.2 Å². The summed E-state index contributed by atoms with van der Waals surface area (Å²) in [6.45, 7) is 7.90. The molecule has 0 spiro atoms. The van der Waals surface area contributed by atoms with E-state index in [9.17, 15) is 9.90 Å². The van der Waals surface area contributed by atoms with Crippen molar-refractivity contribution >= 4 is 11.7 Å². The number of rotatable bonds is 6. The Morgan fingerprint density at radius 1 is 1.33 bits per heavy atom. The number of amides is 2. The highest BCUT2D eigenvalue weighted by atomic mass is 16.3. The number of hydrogen-bond acceptors (Lipinski definition) is 4. The first kappa shape index (κ1) is 17.9. The third kappa shape index (κ3) is 4.79.